The number of amides is 2. The van der Waals surface area contributed by atoms with Crippen molar-refractivity contribution in [2.45, 2.75) is 76.2 Å². The van der Waals surface area contributed by atoms with Crippen LogP contribution in [0.2, 0.25) is 0 Å². The molecule has 2 unspecified atom stereocenters. The molecule has 0 aromatic heterocycles. The van der Waals surface area contributed by atoms with Gasteiger partial charge in [-0.3, -0.25) is 9.59 Å². The van der Waals surface area contributed by atoms with Crippen LogP contribution in [-0.2, 0) is 29.2 Å². The number of unbranched alkanes of at least 4 members (excludes halogenated alkanes) is 2. The van der Waals surface area contributed by atoms with Crippen LogP contribution in [-0.4, -0.2) is 124 Å². The molecule has 0 saturated carbocycles. The monoisotopic (exact) mass is 537 g/mol. The Balaban J connectivity index is 0.000000548. The molecular weight excluding hydrogens is 498 g/mol. The number of carbonyl (C=O) groups excluding carboxylic acids is 2. The zero-order valence-electron chi connectivity index (χ0n) is 21.2. The molecule has 0 aromatic rings. The normalized spacial score (nSPS) is 23.2. The molecule has 0 bridgehead atoms. The first-order chi connectivity index (χ1) is 16.6. The lowest BCUT2D eigenvalue weighted by atomic mass is 9.94. The van der Waals surface area contributed by atoms with E-state index < -0.39 is 34.2 Å². The van der Waals surface area contributed by atoms with E-state index in [0.29, 0.717) is 25.8 Å². The molecule has 0 radical (unpaired) electrons. The van der Waals surface area contributed by atoms with E-state index in [1.807, 2.05) is 21.0 Å². The molecular formula is C22H39N3O10S. The van der Waals surface area contributed by atoms with Crippen molar-refractivity contribution in [1.29, 1.82) is 0 Å². The van der Waals surface area contributed by atoms with Crippen molar-refractivity contribution < 1.29 is 48.0 Å². The van der Waals surface area contributed by atoms with Gasteiger partial charge in [0.15, 0.2) is 12.2 Å². The number of carboxylic acid groups (broad SMARTS) is 2. The summed E-state index contributed by atoms with van der Waals surface area (Å²) in [4.78, 5) is 48.9. The van der Waals surface area contributed by atoms with Crippen molar-refractivity contribution in [3.8, 4) is 0 Å². The van der Waals surface area contributed by atoms with Crippen LogP contribution in [0.3, 0.4) is 0 Å². The second-order valence-corrected chi connectivity index (χ2v) is 11.3. The molecule has 2 aliphatic rings. The molecule has 0 aliphatic carbocycles. The Bertz CT molecular complexity index is 877. The minimum Gasteiger partial charge on any atom is -0.479 e. The van der Waals surface area contributed by atoms with Gasteiger partial charge in [-0.25, -0.2) is 22.3 Å². The first-order valence-corrected chi connectivity index (χ1v) is 13.8. The molecule has 2 fully saturated rings. The summed E-state index contributed by atoms with van der Waals surface area (Å²) in [5, 5.41) is 32.5. The molecule has 14 heteroatoms. The van der Waals surface area contributed by atoms with E-state index in [0.717, 1.165) is 42.8 Å². The number of fused-ring (bicyclic) bond motifs is 1. The number of hydrogen-bond acceptors (Lipinski definition) is 9. The van der Waals surface area contributed by atoms with Gasteiger partial charge in [-0.1, -0.05) is 19.8 Å². The molecule has 2 saturated heterocycles. The highest BCUT2D eigenvalue weighted by molar-refractivity contribution is 7.88. The third-order valence-electron chi connectivity index (χ3n) is 6.25. The number of nitrogens with zero attached hydrogens (tertiary/aromatic N) is 3. The van der Waals surface area contributed by atoms with E-state index in [1.54, 1.807) is 4.90 Å². The number of rotatable bonds is 12. The van der Waals surface area contributed by atoms with Crippen LogP contribution >= 0.6 is 0 Å². The maximum atomic E-state index is 12.7. The van der Waals surface area contributed by atoms with Gasteiger partial charge in [0.2, 0.25) is 21.8 Å². The molecule has 4 N–H and O–H groups in total. The standard InChI is InChI=1S/C18H33N3O4S.C4H6O6/c1-5-9-14-17-15(21(18(14)23)26(4,24)25)11-13-20(17)16(22)10-7-6-8-12-19(2)3;5-1(3(7)8)2(6)4(9)10/h14-15,17H,5-13H2,1-4H3;1-2,5-6H,(H,7,8)(H,9,10)/t14-,15+,17-;/m1./s1. The Hall–Kier alpha value is -2.29. The van der Waals surface area contributed by atoms with Crippen LogP contribution in [0.1, 0.15) is 51.9 Å². The predicted molar refractivity (Wildman–Crippen MR) is 128 cm³/mol. The van der Waals surface area contributed by atoms with E-state index in [1.165, 1.54) is 0 Å². The number of sulfonamides is 1. The van der Waals surface area contributed by atoms with E-state index >= 15 is 0 Å². The SMILES string of the molecule is CCC[C@H]1C(=O)N(S(C)(=O)=O)[C@H]2CCN(C(=O)CCCCCN(C)C)[C@H]12.O=C(O)C(O)C(O)C(=O)O. The Morgan fingerprint density at radius 2 is 1.61 bits per heavy atom. The van der Waals surface area contributed by atoms with Gasteiger partial charge < -0.3 is 30.2 Å². The number of carbonyl (C=O) groups is 4. The summed E-state index contributed by atoms with van der Waals surface area (Å²) in [5.74, 6) is -4.19. The molecule has 0 aromatic carbocycles. The number of aliphatic carboxylic acids is 2. The summed E-state index contributed by atoms with van der Waals surface area (Å²) in [6, 6.07) is -0.668. The minimum atomic E-state index is -3.60. The molecule has 2 aliphatic heterocycles. The molecule has 208 valence electrons. The lowest BCUT2D eigenvalue weighted by Gasteiger charge is -2.27. The Kier molecular flexibility index (Phi) is 12.2. The van der Waals surface area contributed by atoms with Gasteiger partial charge in [0.05, 0.1) is 24.3 Å². The highest BCUT2D eigenvalue weighted by Gasteiger charge is 2.56. The number of aliphatic hydroxyl groups excluding tert-OH is 2. The summed E-state index contributed by atoms with van der Waals surface area (Å²) >= 11 is 0. The van der Waals surface area contributed by atoms with Crippen LogP contribution in [0, 0.1) is 5.92 Å². The summed E-state index contributed by atoms with van der Waals surface area (Å²) in [5.41, 5.74) is 0. The van der Waals surface area contributed by atoms with E-state index in [4.69, 9.17) is 20.4 Å². The minimum absolute atomic E-state index is 0.0617. The second kappa shape index (κ2) is 13.9. The zero-order chi connectivity index (χ0) is 27.8. The van der Waals surface area contributed by atoms with E-state index in [-0.39, 0.29) is 29.8 Å². The van der Waals surface area contributed by atoms with Crippen LogP contribution < -0.4 is 0 Å². The molecule has 5 atom stereocenters. The van der Waals surface area contributed by atoms with Crippen molar-refractivity contribution in [2.24, 2.45) is 5.92 Å². The third-order valence-corrected chi connectivity index (χ3v) is 7.41. The summed E-state index contributed by atoms with van der Waals surface area (Å²) < 4.78 is 25.3. The third kappa shape index (κ3) is 8.39. The average molecular weight is 538 g/mol. The molecule has 2 amide bonds. The zero-order valence-corrected chi connectivity index (χ0v) is 22.1. The van der Waals surface area contributed by atoms with Crippen LogP contribution in [0.5, 0.6) is 0 Å². The maximum Gasteiger partial charge on any atom is 0.335 e. The highest BCUT2D eigenvalue weighted by atomic mass is 32.2. The fraction of sp³-hybridized carbons (Fsp3) is 0.818. The molecule has 2 rings (SSSR count). The Morgan fingerprint density at radius 3 is 2.06 bits per heavy atom. The number of hydrogen-bond donors (Lipinski definition) is 4. The number of carboxylic acids is 2. The molecule has 36 heavy (non-hydrogen) atoms. The first-order valence-electron chi connectivity index (χ1n) is 11.9. The Labute approximate surface area is 211 Å². The van der Waals surface area contributed by atoms with Crippen LogP contribution in [0.4, 0.5) is 0 Å². The van der Waals surface area contributed by atoms with Crippen molar-refractivity contribution in [1.82, 2.24) is 14.1 Å². The molecule has 0 spiro atoms. The second-order valence-electron chi connectivity index (χ2n) is 9.41. The quantitative estimate of drug-likeness (QED) is 0.227. The van der Waals surface area contributed by atoms with Gasteiger partial charge >= 0.3 is 11.9 Å². The fourth-order valence-corrected chi connectivity index (χ4v) is 5.80. The average Bonchev–Trinajstić information content (AvgIpc) is 3.30. The summed E-state index contributed by atoms with van der Waals surface area (Å²) in [6.45, 7) is 3.54. The van der Waals surface area contributed by atoms with Crippen molar-refractivity contribution in [3.63, 3.8) is 0 Å². The smallest absolute Gasteiger partial charge is 0.335 e. The topological polar surface area (TPSA) is 193 Å². The number of aliphatic hydroxyl groups is 2. The van der Waals surface area contributed by atoms with Gasteiger partial charge in [-0.2, -0.15) is 0 Å². The molecule has 13 nitrogen and oxygen atoms in total. The van der Waals surface area contributed by atoms with Crippen molar-refractivity contribution in [2.75, 3.05) is 33.4 Å². The van der Waals surface area contributed by atoms with Gasteiger partial charge in [0.25, 0.3) is 0 Å². The summed E-state index contributed by atoms with van der Waals surface area (Å²) in [7, 11) is 0.474. The van der Waals surface area contributed by atoms with Gasteiger partial charge in [0, 0.05) is 13.0 Å². The van der Waals surface area contributed by atoms with Crippen molar-refractivity contribution >= 4 is 33.8 Å². The van der Waals surface area contributed by atoms with Crippen LogP contribution in [0.25, 0.3) is 0 Å². The fourth-order valence-electron chi connectivity index (χ4n) is 4.61. The first kappa shape index (κ1) is 31.7. The Morgan fingerprint density at radius 1 is 1.06 bits per heavy atom. The van der Waals surface area contributed by atoms with Crippen molar-refractivity contribution in [3.05, 3.63) is 0 Å². The lowest BCUT2D eigenvalue weighted by Crippen LogP contribution is -2.43. The maximum absolute atomic E-state index is 12.7. The summed E-state index contributed by atoms with van der Waals surface area (Å²) in [6.07, 6.45) is 1.90. The van der Waals surface area contributed by atoms with Crippen LogP contribution in [0.15, 0.2) is 0 Å². The highest BCUT2D eigenvalue weighted by Crippen LogP contribution is 2.40. The largest absolute Gasteiger partial charge is 0.479 e. The lowest BCUT2D eigenvalue weighted by molar-refractivity contribution is -0.165. The van der Waals surface area contributed by atoms with Gasteiger partial charge in [-0.15, -0.1) is 0 Å². The van der Waals surface area contributed by atoms with E-state index in [2.05, 4.69) is 4.90 Å². The predicted octanol–water partition coefficient (Wildman–Crippen LogP) is -0.827. The number of likely N-dealkylation sites (tertiary alicyclic amines) is 1. The van der Waals surface area contributed by atoms with Gasteiger partial charge in [-0.05, 0) is 46.3 Å². The van der Waals surface area contributed by atoms with Gasteiger partial charge in [0.1, 0.15) is 0 Å². The van der Waals surface area contributed by atoms with E-state index in [9.17, 15) is 27.6 Å². The molecule has 2 heterocycles.